The Morgan fingerprint density at radius 1 is 1.15 bits per heavy atom. The molecule has 0 bridgehead atoms. The quantitative estimate of drug-likeness (QED) is 0.718. The van der Waals surface area contributed by atoms with Crippen LogP contribution in [0.3, 0.4) is 0 Å². The summed E-state index contributed by atoms with van der Waals surface area (Å²) in [5, 5.41) is 7.48. The van der Waals surface area contributed by atoms with E-state index in [9.17, 15) is 9.59 Å². The minimum Gasteiger partial charge on any atom is -0.377 e. The van der Waals surface area contributed by atoms with Crippen LogP contribution in [0.5, 0.6) is 0 Å². The molecule has 2 aromatic rings. The average Bonchev–Trinajstić information content (AvgIpc) is 3.15. The first-order valence-electron chi connectivity index (χ1n) is 9.14. The number of hydrogen-bond donors (Lipinski definition) is 2. The van der Waals surface area contributed by atoms with E-state index in [1.54, 1.807) is 0 Å². The van der Waals surface area contributed by atoms with Crippen molar-refractivity contribution in [3.63, 3.8) is 0 Å². The van der Waals surface area contributed by atoms with Gasteiger partial charge in [-0.1, -0.05) is 13.0 Å². The summed E-state index contributed by atoms with van der Waals surface area (Å²) < 4.78 is 0. The second-order valence-corrected chi connectivity index (χ2v) is 7.37. The maximum atomic E-state index is 12.9. The minimum absolute atomic E-state index is 0.0404. The van der Waals surface area contributed by atoms with E-state index in [1.807, 2.05) is 66.5 Å². The van der Waals surface area contributed by atoms with Crippen LogP contribution in [0.2, 0.25) is 0 Å². The standard InChI is InChI=1S/C20H28N4O2S/c1-5-11-24(19(25)18-8-7-12-27-18)14-15-13-16(22-20(26)21-6-2)9-10-17(15)23(3)4/h7-10,12-13H,5-6,11,14H2,1-4H3,(H2,21,22,26). The second kappa shape index (κ2) is 9.97. The summed E-state index contributed by atoms with van der Waals surface area (Å²) in [6, 6.07) is 9.30. The van der Waals surface area contributed by atoms with E-state index in [4.69, 9.17) is 0 Å². The fourth-order valence-corrected chi connectivity index (χ4v) is 3.54. The van der Waals surface area contributed by atoms with Crippen LogP contribution in [0.15, 0.2) is 35.7 Å². The van der Waals surface area contributed by atoms with Gasteiger partial charge in [0.15, 0.2) is 0 Å². The lowest BCUT2D eigenvalue weighted by molar-refractivity contribution is 0.0748. The molecule has 6 nitrogen and oxygen atoms in total. The molecule has 0 spiro atoms. The van der Waals surface area contributed by atoms with Gasteiger partial charge in [0, 0.05) is 45.1 Å². The molecule has 0 unspecified atom stereocenters. The molecule has 1 heterocycles. The van der Waals surface area contributed by atoms with Crippen molar-refractivity contribution in [2.75, 3.05) is 37.4 Å². The van der Waals surface area contributed by atoms with Gasteiger partial charge < -0.3 is 20.4 Å². The van der Waals surface area contributed by atoms with Crippen LogP contribution in [-0.2, 0) is 6.54 Å². The molecule has 0 aliphatic rings. The molecule has 0 saturated carbocycles. The summed E-state index contributed by atoms with van der Waals surface area (Å²) in [4.78, 5) is 29.3. The molecule has 0 fully saturated rings. The highest BCUT2D eigenvalue weighted by molar-refractivity contribution is 7.12. The summed E-state index contributed by atoms with van der Waals surface area (Å²) in [5.41, 5.74) is 2.73. The molecule has 3 amide bonds. The van der Waals surface area contributed by atoms with Crippen molar-refractivity contribution >= 4 is 34.6 Å². The van der Waals surface area contributed by atoms with Crippen molar-refractivity contribution in [2.24, 2.45) is 0 Å². The van der Waals surface area contributed by atoms with Gasteiger partial charge >= 0.3 is 6.03 Å². The number of benzene rings is 1. The molecule has 27 heavy (non-hydrogen) atoms. The number of nitrogens with one attached hydrogen (secondary N) is 2. The zero-order valence-corrected chi connectivity index (χ0v) is 17.2. The largest absolute Gasteiger partial charge is 0.377 e. The first-order chi connectivity index (χ1) is 13.0. The van der Waals surface area contributed by atoms with Crippen molar-refractivity contribution in [3.8, 4) is 0 Å². The molecule has 0 aliphatic heterocycles. The highest BCUT2D eigenvalue weighted by atomic mass is 32.1. The molecular weight excluding hydrogens is 360 g/mol. The van der Waals surface area contributed by atoms with Gasteiger partial charge in [-0.05, 0) is 48.6 Å². The lowest BCUT2D eigenvalue weighted by atomic mass is 10.1. The van der Waals surface area contributed by atoms with E-state index in [-0.39, 0.29) is 11.9 Å². The number of carbonyl (C=O) groups is 2. The number of amides is 3. The lowest BCUT2D eigenvalue weighted by Gasteiger charge is -2.25. The van der Waals surface area contributed by atoms with Crippen molar-refractivity contribution < 1.29 is 9.59 Å². The van der Waals surface area contributed by atoms with Gasteiger partial charge in [0.2, 0.25) is 0 Å². The van der Waals surface area contributed by atoms with Crippen molar-refractivity contribution in [3.05, 3.63) is 46.2 Å². The molecule has 0 atom stereocenters. The third kappa shape index (κ3) is 5.72. The van der Waals surface area contributed by atoms with Crippen LogP contribution in [0.4, 0.5) is 16.2 Å². The Morgan fingerprint density at radius 3 is 2.52 bits per heavy atom. The molecule has 0 radical (unpaired) electrons. The summed E-state index contributed by atoms with van der Waals surface area (Å²) in [7, 11) is 3.95. The highest BCUT2D eigenvalue weighted by Gasteiger charge is 2.18. The monoisotopic (exact) mass is 388 g/mol. The highest BCUT2D eigenvalue weighted by Crippen LogP contribution is 2.25. The van der Waals surface area contributed by atoms with Crippen LogP contribution in [0, 0.1) is 0 Å². The van der Waals surface area contributed by atoms with Crippen LogP contribution in [0.25, 0.3) is 0 Å². The second-order valence-electron chi connectivity index (χ2n) is 6.43. The molecule has 146 valence electrons. The Kier molecular flexibility index (Phi) is 7.67. The summed E-state index contributed by atoms with van der Waals surface area (Å²) >= 11 is 1.46. The maximum absolute atomic E-state index is 12.9. The Labute approximate surface area is 165 Å². The minimum atomic E-state index is -0.235. The third-order valence-corrected chi connectivity index (χ3v) is 4.89. The van der Waals surface area contributed by atoms with Crippen LogP contribution >= 0.6 is 11.3 Å². The van der Waals surface area contributed by atoms with Crippen LogP contribution < -0.4 is 15.5 Å². The van der Waals surface area contributed by atoms with E-state index in [0.29, 0.717) is 25.3 Å². The maximum Gasteiger partial charge on any atom is 0.319 e. The molecule has 7 heteroatoms. The zero-order chi connectivity index (χ0) is 19.8. The predicted molar refractivity (Wildman–Crippen MR) is 113 cm³/mol. The number of nitrogens with zero attached hydrogens (tertiary/aromatic N) is 2. The van der Waals surface area contributed by atoms with E-state index in [1.165, 1.54) is 11.3 Å². The molecule has 0 saturated heterocycles. The lowest BCUT2D eigenvalue weighted by Crippen LogP contribution is -2.31. The Morgan fingerprint density at radius 2 is 1.93 bits per heavy atom. The third-order valence-electron chi connectivity index (χ3n) is 4.03. The number of thiophene rings is 1. The zero-order valence-electron chi connectivity index (χ0n) is 16.4. The van der Waals surface area contributed by atoms with E-state index in [0.717, 1.165) is 22.5 Å². The first-order valence-corrected chi connectivity index (χ1v) is 10.0. The summed E-state index contributed by atoms with van der Waals surface area (Å²) in [6.07, 6.45) is 0.880. The predicted octanol–water partition coefficient (Wildman–Crippen LogP) is 4.01. The van der Waals surface area contributed by atoms with Crippen LogP contribution in [0.1, 0.15) is 35.5 Å². The first kappa shape index (κ1) is 20.8. The summed E-state index contributed by atoms with van der Waals surface area (Å²) in [5.74, 6) is 0.0404. The number of rotatable bonds is 8. The number of urea groups is 1. The molecule has 1 aromatic heterocycles. The van der Waals surface area contributed by atoms with Gasteiger partial charge in [0.1, 0.15) is 0 Å². The average molecular weight is 389 g/mol. The number of hydrogen-bond acceptors (Lipinski definition) is 4. The molecule has 2 rings (SSSR count). The van der Waals surface area contributed by atoms with Gasteiger partial charge in [-0.15, -0.1) is 11.3 Å². The SMILES string of the molecule is CCCN(Cc1cc(NC(=O)NCC)ccc1N(C)C)C(=O)c1cccs1. The van der Waals surface area contributed by atoms with E-state index in [2.05, 4.69) is 17.6 Å². The van der Waals surface area contributed by atoms with Crippen molar-refractivity contribution in [1.82, 2.24) is 10.2 Å². The Hall–Kier alpha value is -2.54. The van der Waals surface area contributed by atoms with Gasteiger partial charge in [-0.3, -0.25) is 4.79 Å². The fraction of sp³-hybridized carbons (Fsp3) is 0.400. The van der Waals surface area contributed by atoms with Crippen LogP contribution in [-0.4, -0.2) is 44.0 Å². The summed E-state index contributed by atoms with van der Waals surface area (Å²) in [6.45, 7) is 5.67. The normalized spacial score (nSPS) is 10.4. The van der Waals surface area contributed by atoms with Crippen molar-refractivity contribution in [2.45, 2.75) is 26.8 Å². The fourth-order valence-electron chi connectivity index (χ4n) is 2.85. The Bertz CT molecular complexity index is 759. The van der Waals surface area contributed by atoms with Gasteiger partial charge in [0.25, 0.3) is 5.91 Å². The van der Waals surface area contributed by atoms with Crippen molar-refractivity contribution in [1.29, 1.82) is 0 Å². The van der Waals surface area contributed by atoms with Gasteiger partial charge in [-0.2, -0.15) is 0 Å². The van der Waals surface area contributed by atoms with Gasteiger partial charge in [0.05, 0.1) is 4.88 Å². The smallest absolute Gasteiger partial charge is 0.319 e. The molecule has 0 aliphatic carbocycles. The molecular formula is C20H28N4O2S. The number of anilines is 2. The Balaban J connectivity index is 2.28. The van der Waals surface area contributed by atoms with E-state index < -0.39 is 0 Å². The van der Waals surface area contributed by atoms with Gasteiger partial charge in [-0.25, -0.2) is 4.79 Å². The number of carbonyl (C=O) groups excluding carboxylic acids is 2. The molecule has 1 aromatic carbocycles. The molecule has 2 N–H and O–H groups in total. The van der Waals surface area contributed by atoms with E-state index >= 15 is 0 Å². The topological polar surface area (TPSA) is 64.7 Å².